The van der Waals surface area contributed by atoms with E-state index in [-0.39, 0.29) is 24.1 Å². The zero-order chi connectivity index (χ0) is 9.84. The summed E-state index contributed by atoms with van der Waals surface area (Å²) >= 11 is 0. The average Bonchev–Trinajstić information content (AvgIpc) is 2.30. The molecular weight excluding hydrogens is 168 g/mol. The van der Waals surface area contributed by atoms with Gasteiger partial charge in [0.1, 0.15) is 0 Å². The molecule has 1 aliphatic carbocycles. The molecule has 0 N–H and O–H groups in total. The van der Waals surface area contributed by atoms with Crippen molar-refractivity contribution < 1.29 is 14.3 Å². The monoisotopic (exact) mass is 182 g/mol. The van der Waals surface area contributed by atoms with Crippen LogP contribution in [0.1, 0.15) is 26.7 Å². The first-order valence-electron chi connectivity index (χ1n) is 4.53. The highest BCUT2D eigenvalue weighted by molar-refractivity contribution is 6.01. The predicted octanol–water partition coefficient (Wildman–Crippen LogP) is 1.47. The minimum atomic E-state index is -0.309. The van der Waals surface area contributed by atoms with Crippen LogP contribution in [0.25, 0.3) is 0 Å². The van der Waals surface area contributed by atoms with E-state index in [2.05, 4.69) is 0 Å². The summed E-state index contributed by atoms with van der Waals surface area (Å²) in [6.45, 7) is 4.09. The topological polar surface area (TPSA) is 43.4 Å². The molecule has 3 heteroatoms. The number of allylic oxidation sites excluding steroid dienone is 1. The van der Waals surface area contributed by atoms with Crippen molar-refractivity contribution >= 4 is 11.8 Å². The van der Waals surface area contributed by atoms with E-state index in [1.165, 1.54) is 0 Å². The number of ketones is 1. The van der Waals surface area contributed by atoms with E-state index < -0.39 is 0 Å². The van der Waals surface area contributed by atoms with Crippen LogP contribution in [-0.2, 0) is 14.3 Å². The first kappa shape index (κ1) is 9.96. The van der Waals surface area contributed by atoms with Crippen molar-refractivity contribution in [3.8, 4) is 0 Å². The fourth-order valence-corrected chi connectivity index (χ4v) is 1.44. The van der Waals surface area contributed by atoms with Gasteiger partial charge in [-0.05, 0) is 12.8 Å². The maximum atomic E-state index is 11.2. The van der Waals surface area contributed by atoms with Gasteiger partial charge in [0, 0.05) is 12.0 Å². The van der Waals surface area contributed by atoms with Gasteiger partial charge in [-0.3, -0.25) is 9.59 Å². The molecule has 0 aliphatic heterocycles. The summed E-state index contributed by atoms with van der Waals surface area (Å²) in [6, 6.07) is 0. The minimum Gasteiger partial charge on any atom is -0.466 e. The van der Waals surface area contributed by atoms with Crippen molar-refractivity contribution in [2.45, 2.75) is 26.7 Å². The summed E-state index contributed by atoms with van der Waals surface area (Å²) in [5.74, 6) is 0.0497. The third kappa shape index (κ3) is 2.68. The van der Waals surface area contributed by atoms with Gasteiger partial charge in [-0.15, -0.1) is 0 Å². The molecule has 1 rings (SSSR count). The Kier molecular flexibility index (Phi) is 3.23. The molecule has 13 heavy (non-hydrogen) atoms. The van der Waals surface area contributed by atoms with E-state index in [1.807, 2.05) is 13.0 Å². The molecular formula is C10H14O3. The smallest absolute Gasteiger partial charge is 0.310 e. The second-order valence-corrected chi connectivity index (χ2v) is 3.28. The van der Waals surface area contributed by atoms with Gasteiger partial charge in [0.2, 0.25) is 0 Å². The number of hydrogen-bond donors (Lipinski definition) is 0. The van der Waals surface area contributed by atoms with Crippen LogP contribution in [0.2, 0.25) is 0 Å². The Morgan fingerprint density at radius 3 is 2.85 bits per heavy atom. The maximum Gasteiger partial charge on any atom is 0.310 e. The molecule has 0 fully saturated rings. The van der Waals surface area contributed by atoms with Crippen LogP contribution in [0, 0.1) is 5.92 Å². The van der Waals surface area contributed by atoms with Crippen LogP contribution in [-0.4, -0.2) is 18.4 Å². The first-order chi connectivity index (χ1) is 6.13. The van der Waals surface area contributed by atoms with Crippen molar-refractivity contribution in [1.82, 2.24) is 0 Å². The number of esters is 1. The minimum absolute atomic E-state index is 0.0838. The van der Waals surface area contributed by atoms with Crippen LogP contribution in [0.3, 0.4) is 0 Å². The average molecular weight is 182 g/mol. The molecule has 1 atom stereocenters. The Hall–Kier alpha value is -1.12. The largest absolute Gasteiger partial charge is 0.466 e. The van der Waals surface area contributed by atoms with Crippen LogP contribution in [0.15, 0.2) is 11.6 Å². The molecule has 0 amide bonds. The highest BCUT2D eigenvalue weighted by atomic mass is 16.5. The normalized spacial score (nSPS) is 21.5. The maximum absolute atomic E-state index is 11.2. The number of carbonyl (C=O) groups excluding carboxylic acids is 2. The third-order valence-electron chi connectivity index (χ3n) is 1.99. The van der Waals surface area contributed by atoms with Crippen molar-refractivity contribution in [1.29, 1.82) is 0 Å². The molecule has 0 heterocycles. The molecule has 1 unspecified atom stereocenters. The molecule has 0 saturated carbocycles. The van der Waals surface area contributed by atoms with E-state index in [4.69, 9.17) is 4.74 Å². The first-order valence-corrected chi connectivity index (χ1v) is 4.53. The Morgan fingerprint density at radius 2 is 2.38 bits per heavy atom. The zero-order valence-corrected chi connectivity index (χ0v) is 8.00. The Balaban J connectivity index is 2.49. The number of hydrogen-bond acceptors (Lipinski definition) is 3. The van der Waals surface area contributed by atoms with Gasteiger partial charge in [-0.2, -0.15) is 0 Å². The van der Waals surface area contributed by atoms with Crippen LogP contribution in [0.4, 0.5) is 0 Å². The molecule has 3 nitrogen and oxygen atoms in total. The van der Waals surface area contributed by atoms with E-state index in [9.17, 15) is 9.59 Å². The van der Waals surface area contributed by atoms with Crippen molar-refractivity contribution in [3.63, 3.8) is 0 Å². The molecule has 0 aromatic carbocycles. The molecule has 1 aliphatic rings. The molecule has 0 radical (unpaired) electrons. The number of carbonyl (C=O) groups is 2. The second kappa shape index (κ2) is 4.21. The SMILES string of the molecule is CCOC(=O)CC1=CC(C)CC1=O. The summed E-state index contributed by atoms with van der Waals surface area (Å²) < 4.78 is 4.76. The van der Waals surface area contributed by atoms with Gasteiger partial charge in [-0.1, -0.05) is 13.0 Å². The number of rotatable bonds is 3. The van der Waals surface area contributed by atoms with Crippen molar-refractivity contribution in [2.75, 3.05) is 6.61 Å². The van der Waals surface area contributed by atoms with Crippen LogP contribution in [0.5, 0.6) is 0 Å². The zero-order valence-electron chi connectivity index (χ0n) is 8.00. The van der Waals surface area contributed by atoms with Gasteiger partial charge < -0.3 is 4.74 Å². The summed E-state index contributed by atoms with van der Waals surface area (Å²) in [7, 11) is 0. The van der Waals surface area contributed by atoms with Crippen molar-refractivity contribution in [2.24, 2.45) is 5.92 Å². The van der Waals surface area contributed by atoms with Gasteiger partial charge in [-0.25, -0.2) is 0 Å². The standard InChI is InChI=1S/C10H14O3/c1-3-13-10(12)6-8-4-7(2)5-9(8)11/h4,7H,3,5-6H2,1-2H3. The van der Waals surface area contributed by atoms with E-state index >= 15 is 0 Å². The fraction of sp³-hybridized carbons (Fsp3) is 0.600. The number of Topliss-reactive ketones (excluding diaryl/α,β-unsaturated/α-hetero) is 1. The quantitative estimate of drug-likeness (QED) is 0.621. The molecule has 0 aromatic heterocycles. The molecule has 0 aromatic rings. The predicted molar refractivity (Wildman–Crippen MR) is 48.1 cm³/mol. The van der Waals surface area contributed by atoms with Gasteiger partial charge in [0.05, 0.1) is 13.0 Å². The lowest BCUT2D eigenvalue weighted by Crippen LogP contribution is -2.08. The lowest BCUT2D eigenvalue weighted by Gasteiger charge is -2.00. The summed E-state index contributed by atoms with van der Waals surface area (Å²) in [4.78, 5) is 22.3. The van der Waals surface area contributed by atoms with E-state index in [0.717, 1.165) is 0 Å². The Bertz CT molecular complexity index is 253. The number of ether oxygens (including phenoxy) is 1. The lowest BCUT2D eigenvalue weighted by molar-refractivity contribution is -0.142. The summed E-state index contributed by atoms with van der Waals surface area (Å²) in [6.07, 6.45) is 2.53. The van der Waals surface area contributed by atoms with E-state index in [1.54, 1.807) is 6.92 Å². The Labute approximate surface area is 77.8 Å². The van der Waals surface area contributed by atoms with Gasteiger partial charge in [0.15, 0.2) is 5.78 Å². The molecule has 0 bridgehead atoms. The lowest BCUT2D eigenvalue weighted by atomic mass is 10.1. The molecule has 0 spiro atoms. The summed E-state index contributed by atoms with van der Waals surface area (Å²) in [5.41, 5.74) is 0.617. The second-order valence-electron chi connectivity index (χ2n) is 3.28. The van der Waals surface area contributed by atoms with Crippen LogP contribution >= 0.6 is 0 Å². The van der Waals surface area contributed by atoms with E-state index in [0.29, 0.717) is 18.6 Å². The van der Waals surface area contributed by atoms with Gasteiger partial charge in [0.25, 0.3) is 0 Å². The highest BCUT2D eigenvalue weighted by Crippen LogP contribution is 2.22. The van der Waals surface area contributed by atoms with Crippen LogP contribution < -0.4 is 0 Å². The van der Waals surface area contributed by atoms with Crippen molar-refractivity contribution in [3.05, 3.63) is 11.6 Å². The molecule has 72 valence electrons. The molecule has 0 saturated heterocycles. The third-order valence-corrected chi connectivity index (χ3v) is 1.99. The van der Waals surface area contributed by atoms with Gasteiger partial charge >= 0.3 is 5.97 Å². The fourth-order valence-electron chi connectivity index (χ4n) is 1.44. The highest BCUT2D eigenvalue weighted by Gasteiger charge is 2.22. The summed E-state index contributed by atoms with van der Waals surface area (Å²) in [5, 5.41) is 0. The Morgan fingerprint density at radius 1 is 1.69 bits per heavy atom.